The van der Waals surface area contributed by atoms with Crippen LogP contribution in [0.3, 0.4) is 0 Å². The van der Waals surface area contributed by atoms with E-state index in [4.69, 9.17) is 21.7 Å². The molecule has 0 unspecified atom stereocenters. The van der Waals surface area contributed by atoms with E-state index < -0.39 is 0 Å². The van der Waals surface area contributed by atoms with Crippen LogP contribution in [-0.4, -0.2) is 24.7 Å². The first-order chi connectivity index (χ1) is 12.4. The Hall–Kier alpha value is -2.60. The number of carbonyl (C=O) groups is 1. The topological polar surface area (TPSA) is 59.6 Å². The number of methoxy groups -OCH3 is 1. The Morgan fingerprint density at radius 2 is 1.92 bits per heavy atom. The van der Waals surface area contributed by atoms with Gasteiger partial charge in [-0.2, -0.15) is 0 Å². The number of hydrogen-bond acceptors (Lipinski definition) is 4. The van der Waals surface area contributed by atoms with Gasteiger partial charge in [-0.15, -0.1) is 0 Å². The lowest BCUT2D eigenvalue weighted by molar-refractivity contribution is -0.121. The third-order valence-electron chi connectivity index (χ3n) is 3.84. The van der Waals surface area contributed by atoms with Crippen LogP contribution < -0.4 is 20.1 Å². The van der Waals surface area contributed by atoms with Crippen LogP contribution in [0.4, 0.5) is 5.69 Å². The van der Waals surface area contributed by atoms with Gasteiger partial charge < -0.3 is 14.8 Å². The zero-order valence-corrected chi connectivity index (χ0v) is 16.3. The van der Waals surface area contributed by atoms with Gasteiger partial charge in [-0.3, -0.25) is 10.1 Å². The molecule has 2 rings (SSSR count). The van der Waals surface area contributed by atoms with E-state index in [1.165, 1.54) is 5.56 Å². The number of ether oxygens (including phenoxy) is 2. The normalized spacial score (nSPS) is 10.3. The summed E-state index contributed by atoms with van der Waals surface area (Å²) in [5.74, 6) is 1.42. The molecular weight excluding hydrogens is 348 g/mol. The second-order valence-electron chi connectivity index (χ2n) is 6.16. The van der Waals surface area contributed by atoms with Crippen molar-refractivity contribution < 1.29 is 14.3 Å². The number of hydrogen-bond donors (Lipinski definition) is 2. The van der Waals surface area contributed by atoms with Crippen molar-refractivity contribution in [3.63, 3.8) is 0 Å². The number of thiocarbonyl (C=S) groups is 1. The Bertz CT molecular complexity index is 790. The second-order valence-corrected chi connectivity index (χ2v) is 6.57. The summed E-state index contributed by atoms with van der Waals surface area (Å²) in [6.07, 6.45) is 0. The van der Waals surface area contributed by atoms with Crippen molar-refractivity contribution >= 4 is 28.9 Å². The summed E-state index contributed by atoms with van der Waals surface area (Å²) in [5.41, 5.74) is 3.09. The van der Waals surface area contributed by atoms with E-state index >= 15 is 0 Å². The first-order valence-electron chi connectivity index (χ1n) is 8.38. The van der Waals surface area contributed by atoms with E-state index in [2.05, 4.69) is 24.5 Å². The van der Waals surface area contributed by atoms with Crippen LogP contribution in [0.15, 0.2) is 42.5 Å². The van der Waals surface area contributed by atoms with Crippen LogP contribution >= 0.6 is 12.2 Å². The van der Waals surface area contributed by atoms with E-state index in [1.807, 2.05) is 43.3 Å². The molecule has 0 fully saturated rings. The highest BCUT2D eigenvalue weighted by molar-refractivity contribution is 7.80. The van der Waals surface area contributed by atoms with E-state index in [-0.39, 0.29) is 17.6 Å². The number of nitrogens with one attached hydrogen (secondary N) is 2. The van der Waals surface area contributed by atoms with Gasteiger partial charge in [0.25, 0.3) is 5.91 Å². The van der Waals surface area contributed by atoms with Crippen molar-refractivity contribution in [2.24, 2.45) is 0 Å². The molecule has 2 aromatic rings. The van der Waals surface area contributed by atoms with Gasteiger partial charge in [0.1, 0.15) is 11.5 Å². The number of rotatable bonds is 6. The standard InChI is InChI=1S/C20H24N2O3S/c1-13(2)16-10-9-15(11-14(16)3)25-12-19(23)22-20(26)21-17-7-5-6-8-18(17)24-4/h5-11,13H,12H2,1-4H3,(H2,21,22,23,26). The molecular formula is C20H24N2O3S. The highest BCUT2D eigenvalue weighted by atomic mass is 32.1. The van der Waals surface area contributed by atoms with Crippen molar-refractivity contribution in [2.45, 2.75) is 26.7 Å². The van der Waals surface area contributed by atoms with Gasteiger partial charge in [0.15, 0.2) is 11.7 Å². The van der Waals surface area contributed by atoms with Crippen molar-refractivity contribution in [3.05, 3.63) is 53.6 Å². The summed E-state index contributed by atoms with van der Waals surface area (Å²) in [5, 5.41) is 5.72. The Balaban J connectivity index is 1.86. The molecule has 0 saturated heterocycles. The molecule has 0 aromatic heterocycles. The average molecular weight is 372 g/mol. The van der Waals surface area contributed by atoms with Gasteiger partial charge in [-0.25, -0.2) is 0 Å². The first-order valence-corrected chi connectivity index (χ1v) is 8.78. The lowest BCUT2D eigenvalue weighted by atomic mass is 9.98. The van der Waals surface area contributed by atoms with E-state index in [1.54, 1.807) is 13.2 Å². The molecule has 0 radical (unpaired) electrons. The maximum Gasteiger partial charge on any atom is 0.264 e. The number of aryl methyl sites for hydroxylation is 1. The van der Waals surface area contributed by atoms with E-state index in [0.29, 0.717) is 23.1 Å². The molecule has 6 heteroatoms. The Morgan fingerprint density at radius 3 is 2.58 bits per heavy atom. The highest BCUT2D eigenvalue weighted by Crippen LogP contribution is 2.24. The molecule has 2 N–H and O–H groups in total. The van der Waals surface area contributed by atoms with E-state index in [0.717, 1.165) is 5.56 Å². The molecule has 0 saturated carbocycles. The molecule has 0 atom stereocenters. The van der Waals surface area contributed by atoms with Gasteiger partial charge in [0.05, 0.1) is 12.8 Å². The number of carbonyl (C=O) groups excluding carboxylic acids is 1. The molecule has 0 bridgehead atoms. The van der Waals surface area contributed by atoms with Gasteiger partial charge in [0, 0.05) is 0 Å². The fraction of sp³-hybridized carbons (Fsp3) is 0.300. The lowest BCUT2D eigenvalue weighted by Crippen LogP contribution is -2.37. The van der Waals surface area contributed by atoms with Crippen LogP contribution in [0, 0.1) is 6.92 Å². The van der Waals surface area contributed by atoms with Crippen LogP contribution in [0.2, 0.25) is 0 Å². The predicted molar refractivity (Wildman–Crippen MR) is 108 cm³/mol. The zero-order chi connectivity index (χ0) is 19.1. The Morgan fingerprint density at radius 1 is 1.19 bits per heavy atom. The monoisotopic (exact) mass is 372 g/mol. The summed E-state index contributed by atoms with van der Waals surface area (Å²) in [6, 6.07) is 13.2. The molecule has 2 aromatic carbocycles. The minimum atomic E-state index is -0.331. The smallest absolute Gasteiger partial charge is 0.264 e. The van der Waals surface area contributed by atoms with Gasteiger partial charge in [0.2, 0.25) is 0 Å². The minimum absolute atomic E-state index is 0.117. The van der Waals surface area contributed by atoms with Gasteiger partial charge in [-0.1, -0.05) is 32.0 Å². The quantitative estimate of drug-likeness (QED) is 0.750. The maximum absolute atomic E-state index is 12.0. The van der Waals surface area contributed by atoms with Crippen LogP contribution in [-0.2, 0) is 4.79 Å². The Labute approximate surface area is 159 Å². The van der Waals surface area contributed by atoms with Gasteiger partial charge >= 0.3 is 0 Å². The molecule has 138 valence electrons. The summed E-state index contributed by atoms with van der Waals surface area (Å²) in [4.78, 5) is 12.0. The summed E-state index contributed by atoms with van der Waals surface area (Å²) in [7, 11) is 1.57. The number of benzene rings is 2. The number of anilines is 1. The molecule has 0 aliphatic carbocycles. The van der Waals surface area contributed by atoms with Crippen molar-refractivity contribution in [1.29, 1.82) is 0 Å². The first kappa shape index (κ1) is 19.7. The maximum atomic E-state index is 12.0. The Kier molecular flexibility index (Phi) is 6.97. The molecule has 1 amide bonds. The van der Waals surface area contributed by atoms with Crippen LogP contribution in [0.5, 0.6) is 11.5 Å². The van der Waals surface area contributed by atoms with Crippen LogP contribution in [0.1, 0.15) is 30.9 Å². The fourth-order valence-corrected chi connectivity index (χ4v) is 2.82. The fourth-order valence-electron chi connectivity index (χ4n) is 2.60. The van der Waals surface area contributed by atoms with Crippen molar-refractivity contribution in [2.75, 3.05) is 19.0 Å². The highest BCUT2D eigenvalue weighted by Gasteiger charge is 2.09. The SMILES string of the molecule is COc1ccccc1NC(=S)NC(=O)COc1ccc(C(C)C)c(C)c1. The van der Waals surface area contributed by atoms with Crippen molar-refractivity contribution in [3.8, 4) is 11.5 Å². The third-order valence-corrected chi connectivity index (χ3v) is 4.05. The molecule has 5 nitrogen and oxygen atoms in total. The number of para-hydroxylation sites is 2. The predicted octanol–water partition coefficient (Wildman–Crippen LogP) is 4.02. The molecule has 0 spiro atoms. The molecule has 0 heterocycles. The van der Waals surface area contributed by atoms with Crippen LogP contribution in [0.25, 0.3) is 0 Å². The lowest BCUT2D eigenvalue weighted by Gasteiger charge is -2.14. The summed E-state index contributed by atoms with van der Waals surface area (Å²) < 4.78 is 10.8. The minimum Gasteiger partial charge on any atom is -0.495 e. The summed E-state index contributed by atoms with van der Waals surface area (Å²) in [6.45, 7) is 6.21. The van der Waals surface area contributed by atoms with Gasteiger partial charge in [-0.05, 0) is 60.5 Å². The summed E-state index contributed by atoms with van der Waals surface area (Å²) >= 11 is 5.16. The largest absolute Gasteiger partial charge is 0.495 e. The molecule has 0 aliphatic heterocycles. The van der Waals surface area contributed by atoms with E-state index in [9.17, 15) is 4.79 Å². The number of amides is 1. The molecule has 0 aliphatic rings. The zero-order valence-electron chi connectivity index (χ0n) is 15.5. The third kappa shape index (κ3) is 5.46. The second kappa shape index (κ2) is 9.20. The van der Waals surface area contributed by atoms with Crippen molar-refractivity contribution in [1.82, 2.24) is 5.32 Å². The average Bonchev–Trinajstić information content (AvgIpc) is 2.60. The molecule has 26 heavy (non-hydrogen) atoms.